The van der Waals surface area contributed by atoms with E-state index in [2.05, 4.69) is 5.16 Å². The number of oxime groups is 1. The lowest BCUT2D eigenvalue weighted by Gasteiger charge is -2.36. The number of amidine groups is 1. The molecule has 0 aliphatic carbocycles. The zero-order valence-corrected chi connectivity index (χ0v) is 11.9. The Morgan fingerprint density at radius 3 is 2.33 bits per heavy atom. The summed E-state index contributed by atoms with van der Waals surface area (Å²) in [6.45, 7) is 1.67. The van der Waals surface area contributed by atoms with E-state index in [0.29, 0.717) is 12.8 Å². The van der Waals surface area contributed by atoms with E-state index in [0.717, 1.165) is 0 Å². The fraction of sp³-hybridized carbons (Fsp3) is 0.833. The minimum absolute atomic E-state index is 0.153. The van der Waals surface area contributed by atoms with E-state index in [9.17, 15) is 18.0 Å². The van der Waals surface area contributed by atoms with E-state index in [4.69, 9.17) is 10.9 Å². The van der Waals surface area contributed by atoms with Gasteiger partial charge in [0, 0.05) is 26.2 Å². The highest BCUT2D eigenvalue weighted by atomic mass is 19.4. The zero-order chi connectivity index (χ0) is 16.0. The van der Waals surface area contributed by atoms with Gasteiger partial charge in [0.2, 0.25) is 5.91 Å². The molecule has 1 amide bonds. The van der Waals surface area contributed by atoms with E-state index in [1.807, 2.05) is 6.92 Å². The summed E-state index contributed by atoms with van der Waals surface area (Å²) in [5, 5.41) is 11.6. The molecule has 0 bridgehead atoms. The summed E-state index contributed by atoms with van der Waals surface area (Å²) in [4.78, 5) is 15.0. The summed E-state index contributed by atoms with van der Waals surface area (Å²) in [6.07, 6.45) is -3.11. The minimum Gasteiger partial charge on any atom is -0.409 e. The van der Waals surface area contributed by atoms with Crippen LogP contribution < -0.4 is 5.73 Å². The number of halogens is 3. The number of carbonyl (C=O) groups is 1. The van der Waals surface area contributed by atoms with Gasteiger partial charge in [-0.15, -0.1) is 0 Å². The van der Waals surface area contributed by atoms with Crippen LogP contribution in [0.2, 0.25) is 0 Å². The van der Waals surface area contributed by atoms with Crippen molar-refractivity contribution in [3.63, 3.8) is 0 Å². The van der Waals surface area contributed by atoms with Crippen molar-refractivity contribution in [2.75, 3.05) is 32.7 Å². The minimum atomic E-state index is -4.23. The van der Waals surface area contributed by atoms with Crippen molar-refractivity contribution in [1.29, 1.82) is 0 Å². The third kappa shape index (κ3) is 5.41. The van der Waals surface area contributed by atoms with Crippen molar-refractivity contribution in [1.82, 2.24) is 9.80 Å². The molecule has 0 saturated carbocycles. The second-order valence-electron chi connectivity index (χ2n) is 5.08. The van der Waals surface area contributed by atoms with Gasteiger partial charge in [0.25, 0.3) is 0 Å². The molecule has 6 nitrogen and oxygen atoms in total. The second-order valence-corrected chi connectivity index (χ2v) is 5.08. The van der Waals surface area contributed by atoms with Crippen molar-refractivity contribution in [3.8, 4) is 0 Å². The Morgan fingerprint density at radius 2 is 1.90 bits per heavy atom. The van der Waals surface area contributed by atoms with Gasteiger partial charge in [-0.2, -0.15) is 13.2 Å². The maximum absolute atomic E-state index is 12.3. The molecule has 1 saturated heterocycles. The lowest BCUT2D eigenvalue weighted by molar-refractivity contribution is -0.152. The van der Waals surface area contributed by atoms with Crippen molar-refractivity contribution < 1.29 is 23.2 Å². The van der Waals surface area contributed by atoms with Crippen LogP contribution in [0.1, 0.15) is 19.8 Å². The van der Waals surface area contributed by atoms with E-state index >= 15 is 0 Å². The molecule has 1 aliphatic rings. The Morgan fingerprint density at radius 1 is 1.33 bits per heavy atom. The molecule has 0 radical (unpaired) electrons. The van der Waals surface area contributed by atoms with E-state index in [-0.39, 0.29) is 37.9 Å². The first kappa shape index (κ1) is 17.5. The molecule has 0 aromatic heterocycles. The molecule has 122 valence electrons. The molecule has 0 spiro atoms. The highest BCUT2D eigenvalue weighted by Crippen LogP contribution is 2.18. The third-order valence-electron chi connectivity index (χ3n) is 3.43. The molecule has 1 atom stereocenters. The van der Waals surface area contributed by atoms with Gasteiger partial charge in [-0.25, -0.2) is 0 Å². The lowest BCUT2D eigenvalue weighted by atomic mass is 10.0. The maximum atomic E-state index is 12.3. The average molecular weight is 310 g/mol. The summed E-state index contributed by atoms with van der Waals surface area (Å²) in [7, 11) is 0. The van der Waals surface area contributed by atoms with Crippen molar-refractivity contribution in [3.05, 3.63) is 0 Å². The van der Waals surface area contributed by atoms with Crippen LogP contribution in [0, 0.1) is 5.92 Å². The summed E-state index contributed by atoms with van der Waals surface area (Å²) in [6, 6.07) is 0. The Balaban J connectivity index is 2.58. The van der Waals surface area contributed by atoms with Gasteiger partial charge in [0.1, 0.15) is 0 Å². The van der Waals surface area contributed by atoms with Crippen LogP contribution in [0.25, 0.3) is 0 Å². The number of hydrogen-bond donors (Lipinski definition) is 2. The quantitative estimate of drug-likeness (QED) is 0.341. The van der Waals surface area contributed by atoms with Crippen molar-refractivity contribution in [2.24, 2.45) is 16.8 Å². The smallest absolute Gasteiger partial charge is 0.401 e. The molecule has 1 unspecified atom stereocenters. The molecule has 21 heavy (non-hydrogen) atoms. The molecule has 0 aromatic carbocycles. The summed E-state index contributed by atoms with van der Waals surface area (Å²) < 4.78 is 36.9. The highest BCUT2D eigenvalue weighted by molar-refractivity contribution is 6.02. The van der Waals surface area contributed by atoms with Crippen LogP contribution in [0.3, 0.4) is 0 Å². The van der Waals surface area contributed by atoms with Crippen molar-refractivity contribution in [2.45, 2.75) is 25.9 Å². The van der Waals surface area contributed by atoms with Gasteiger partial charge >= 0.3 is 6.18 Å². The largest absolute Gasteiger partial charge is 0.409 e. The SMILES string of the molecule is CCCC(C(=O)N1CCN(CC(F)(F)F)CC1)C(N)=NO. The molecular formula is C12H21F3N4O2. The molecular weight excluding hydrogens is 289 g/mol. The maximum Gasteiger partial charge on any atom is 0.401 e. The van der Waals surface area contributed by atoms with Crippen LogP contribution in [0.5, 0.6) is 0 Å². The molecule has 3 N–H and O–H groups in total. The first-order chi connectivity index (χ1) is 9.78. The van der Waals surface area contributed by atoms with E-state index in [1.54, 1.807) is 0 Å². The van der Waals surface area contributed by atoms with Crippen LogP contribution in [0.4, 0.5) is 13.2 Å². The van der Waals surface area contributed by atoms with E-state index in [1.165, 1.54) is 9.80 Å². The number of rotatable bonds is 5. The normalized spacial score (nSPS) is 19.6. The Bertz CT molecular complexity index is 379. The number of amides is 1. The predicted molar refractivity (Wildman–Crippen MR) is 70.9 cm³/mol. The van der Waals surface area contributed by atoms with Crippen LogP contribution in [-0.4, -0.2) is 65.6 Å². The van der Waals surface area contributed by atoms with Gasteiger partial charge in [0.15, 0.2) is 5.84 Å². The zero-order valence-electron chi connectivity index (χ0n) is 11.9. The van der Waals surface area contributed by atoms with Crippen molar-refractivity contribution >= 4 is 11.7 Å². The third-order valence-corrected chi connectivity index (χ3v) is 3.43. The van der Waals surface area contributed by atoms with Gasteiger partial charge in [-0.05, 0) is 6.42 Å². The molecule has 9 heteroatoms. The molecule has 1 aliphatic heterocycles. The number of piperazine rings is 1. The number of nitrogens with two attached hydrogens (primary N) is 1. The second kappa shape index (κ2) is 7.48. The van der Waals surface area contributed by atoms with E-state index < -0.39 is 18.6 Å². The van der Waals surface area contributed by atoms with Crippen LogP contribution >= 0.6 is 0 Å². The standard InChI is InChI=1S/C12H21F3N4O2/c1-2-3-9(10(16)17-21)11(20)19-6-4-18(5-7-19)8-12(13,14)15/h9,21H,2-8H2,1H3,(H2,16,17). The molecule has 1 heterocycles. The predicted octanol–water partition coefficient (Wildman–Crippen LogP) is 0.856. The average Bonchev–Trinajstić information content (AvgIpc) is 2.42. The Hall–Kier alpha value is -1.51. The van der Waals surface area contributed by atoms with Crippen LogP contribution in [-0.2, 0) is 4.79 Å². The monoisotopic (exact) mass is 310 g/mol. The molecule has 1 fully saturated rings. The Labute approximate surface area is 121 Å². The highest BCUT2D eigenvalue weighted by Gasteiger charge is 2.34. The topological polar surface area (TPSA) is 82.2 Å². The molecule has 0 aromatic rings. The first-order valence-corrected chi connectivity index (χ1v) is 6.83. The van der Waals surface area contributed by atoms with Gasteiger partial charge < -0.3 is 15.8 Å². The number of nitrogens with zero attached hydrogens (tertiary/aromatic N) is 3. The summed E-state index contributed by atoms with van der Waals surface area (Å²) in [5.41, 5.74) is 5.51. The van der Waals surface area contributed by atoms with Crippen LogP contribution in [0.15, 0.2) is 5.16 Å². The number of alkyl halides is 3. The van der Waals surface area contributed by atoms with Gasteiger partial charge in [-0.1, -0.05) is 18.5 Å². The molecule has 1 rings (SSSR count). The summed E-state index contributed by atoms with van der Waals surface area (Å²) in [5.74, 6) is -1.16. The lowest BCUT2D eigenvalue weighted by Crippen LogP contribution is -2.53. The fourth-order valence-electron chi connectivity index (χ4n) is 2.36. The van der Waals surface area contributed by atoms with Gasteiger partial charge in [0.05, 0.1) is 12.5 Å². The fourth-order valence-corrected chi connectivity index (χ4v) is 2.36. The number of hydrogen-bond acceptors (Lipinski definition) is 4. The Kier molecular flexibility index (Phi) is 6.25. The first-order valence-electron chi connectivity index (χ1n) is 6.83. The number of carbonyl (C=O) groups excluding carboxylic acids is 1. The van der Waals surface area contributed by atoms with Gasteiger partial charge in [-0.3, -0.25) is 9.69 Å². The summed E-state index contributed by atoms with van der Waals surface area (Å²) >= 11 is 0.